The summed E-state index contributed by atoms with van der Waals surface area (Å²) < 4.78 is 0. The quantitative estimate of drug-likeness (QED) is 0.312. The van der Waals surface area contributed by atoms with Gasteiger partial charge in [0.1, 0.15) is 5.54 Å². The molecule has 1 aliphatic carbocycles. The van der Waals surface area contributed by atoms with E-state index in [1.165, 1.54) is 28.9 Å². The predicted octanol–water partition coefficient (Wildman–Crippen LogP) is 6.94. The molecule has 6 nitrogen and oxygen atoms in total. The monoisotopic (exact) mass is 593 g/mol. The first-order chi connectivity index (χ1) is 20.2. The van der Waals surface area contributed by atoms with Crippen LogP contribution >= 0.6 is 11.8 Å². The van der Waals surface area contributed by atoms with Crippen molar-refractivity contribution in [3.8, 4) is 0 Å². The molecular formula is C35H51N3O3S. The first-order valence-electron chi connectivity index (χ1n) is 15.8. The van der Waals surface area contributed by atoms with E-state index in [1.807, 2.05) is 30.0 Å². The van der Waals surface area contributed by atoms with E-state index in [0.717, 1.165) is 38.1 Å². The molecule has 0 bridgehead atoms. The summed E-state index contributed by atoms with van der Waals surface area (Å²) in [7, 11) is 0. The van der Waals surface area contributed by atoms with E-state index in [-0.39, 0.29) is 23.5 Å². The molecule has 0 radical (unpaired) electrons. The van der Waals surface area contributed by atoms with Gasteiger partial charge >= 0.3 is 0 Å². The Morgan fingerprint density at radius 3 is 2.31 bits per heavy atom. The molecule has 1 fully saturated rings. The summed E-state index contributed by atoms with van der Waals surface area (Å²) in [6.07, 6.45) is 7.16. The molecule has 1 aliphatic heterocycles. The maximum absolute atomic E-state index is 13.8. The van der Waals surface area contributed by atoms with Crippen LogP contribution in [0, 0.1) is 12.8 Å². The first-order valence-corrected chi connectivity index (χ1v) is 16.8. The normalized spacial score (nSPS) is 17.2. The highest BCUT2D eigenvalue weighted by atomic mass is 32.2. The van der Waals surface area contributed by atoms with Gasteiger partial charge in [-0.05, 0) is 61.4 Å². The highest BCUT2D eigenvalue weighted by molar-refractivity contribution is 7.99. The Hall–Kier alpha value is -2.64. The van der Waals surface area contributed by atoms with E-state index in [2.05, 4.69) is 68.4 Å². The second kappa shape index (κ2) is 16.9. The van der Waals surface area contributed by atoms with Gasteiger partial charge in [-0.15, -0.1) is 11.8 Å². The fourth-order valence-electron chi connectivity index (χ4n) is 5.48. The standard InChI is InChI=1S/C31H41N3O3S.C4H10/c1-22(2)18-26(27(35)21-34-16-17-38-28-19-23(3)12-13-25(28)20-34)32-30(37)31(14-8-5-9-15-31)33-29(36)24-10-6-4-7-11-24;1-3-4-2/h4,6-7,10-13,19,22,26H,5,8-9,14-18,20-21H2,1-3H3,(H,32,37)(H,33,36);3-4H2,1-2H3/t26-;/m0./s1. The number of nitrogens with zero attached hydrogens (tertiary/aromatic N) is 1. The van der Waals surface area contributed by atoms with Crippen molar-refractivity contribution >= 4 is 29.4 Å². The third-order valence-corrected chi connectivity index (χ3v) is 9.17. The molecule has 42 heavy (non-hydrogen) atoms. The van der Waals surface area contributed by atoms with Crippen LogP contribution in [0.5, 0.6) is 0 Å². The van der Waals surface area contributed by atoms with Gasteiger partial charge < -0.3 is 10.6 Å². The third-order valence-electron chi connectivity index (χ3n) is 8.09. The Balaban J connectivity index is 0.00000114. The summed E-state index contributed by atoms with van der Waals surface area (Å²) in [5.41, 5.74) is 2.04. The predicted molar refractivity (Wildman–Crippen MR) is 174 cm³/mol. The SMILES string of the molecule is CCCC.Cc1ccc2c(c1)SCCN(CC(=O)[C@H](CC(C)C)NC(=O)C1(NC(=O)c3ccccc3)CCCCC1)C2. The number of Topliss-reactive ketones (excluding diaryl/α,β-unsaturated/α-hetero) is 1. The number of hydrogen-bond acceptors (Lipinski definition) is 5. The van der Waals surface area contributed by atoms with Crippen molar-refractivity contribution in [2.75, 3.05) is 18.8 Å². The van der Waals surface area contributed by atoms with Crippen molar-refractivity contribution in [3.63, 3.8) is 0 Å². The zero-order valence-electron chi connectivity index (χ0n) is 26.3. The van der Waals surface area contributed by atoms with Gasteiger partial charge in [0, 0.05) is 29.3 Å². The van der Waals surface area contributed by atoms with Crippen LogP contribution in [0.15, 0.2) is 53.4 Å². The van der Waals surface area contributed by atoms with Crippen LogP contribution in [0.4, 0.5) is 0 Å². The summed E-state index contributed by atoms with van der Waals surface area (Å²) in [6, 6.07) is 15.0. The van der Waals surface area contributed by atoms with E-state index in [1.54, 1.807) is 12.1 Å². The van der Waals surface area contributed by atoms with Crippen LogP contribution in [-0.2, 0) is 16.1 Å². The minimum atomic E-state index is -0.989. The molecule has 2 amide bonds. The summed E-state index contributed by atoms with van der Waals surface area (Å²) in [4.78, 5) is 44.0. The van der Waals surface area contributed by atoms with Gasteiger partial charge in [-0.3, -0.25) is 19.3 Å². The molecule has 2 aliphatic rings. The number of ketones is 1. The van der Waals surface area contributed by atoms with Gasteiger partial charge in [0.15, 0.2) is 5.78 Å². The lowest BCUT2D eigenvalue weighted by molar-refractivity contribution is -0.133. The second-order valence-electron chi connectivity index (χ2n) is 12.3. The summed E-state index contributed by atoms with van der Waals surface area (Å²) >= 11 is 1.84. The number of fused-ring (bicyclic) bond motifs is 1. The van der Waals surface area contributed by atoms with Crippen molar-refractivity contribution < 1.29 is 14.4 Å². The summed E-state index contributed by atoms with van der Waals surface area (Å²) in [5.74, 6) is 0.736. The van der Waals surface area contributed by atoms with E-state index in [0.29, 0.717) is 31.4 Å². The molecule has 0 spiro atoms. The number of thioether (sulfide) groups is 1. The van der Waals surface area contributed by atoms with E-state index in [4.69, 9.17) is 0 Å². The Morgan fingerprint density at radius 1 is 0.976 bits per heavy atom. The van der Waals surface area contributed by atoms with Gasteiger partial charge in [-0.1, -0.05) is 90.1 Å². The van der Waals surface area contributed by atoms with Gasteiger partial charge in [0.2, 0.25) is 5.91 Å². The van der Waals surface area contributed by atoms with Crippen LogP contribution in [-0.4, -0.2) is 52.9 Å². The van der Waals surface area contributed by atoms with E-state index >= 15 is 0 Å². The molecule has 1 heterocycles. The number of unbranched alkanes of at least 4 members (excludes halogenated alkanes) is 1. The Morgan fingerprint density at radius 2 is 1.67 bits per heavy atom. The Bertz CT molecular complexity index is 1160. The van der Waals surface area contributed by atoms with E-state index in [9.17, 15) is 14.4 Å². The number of hydrogen-bond donors (Lipinski definition) is 2. The van der Waals surface area contributed by atoms with Crippen molar-refractivity contribution in [2.24, 2.45) is 5.92 Å². The minimum Gasteiger partial charge on any atom is -0.344 e. The molecule has 0 aromatic heterocycles. The number of aryl methyl sites for hydroxylation is 1. The van der Waals surface area contributed by atoms with Crippen molar-refractivity contribution in [2.45, 2.75) is 109 Å². The van der Waals surface area contributed by atoms with Crippen LogP contribution < -0.4 is 10.6 Å². The lowest BCUT2D eigenvalue weighted by atomic mass is 9.80. The van der Waals surface area contributed by atoms with Crippen LogP contribution in [0.25, 0.3) is 0 Å². The van der Waals surface area contributed by atoms with Crippen molar-refractivity contribution in [1.82, 2.24) is 15.5 Å². The third kappa shape index (κ3) is 9.98. The van der Waals surface area contributed by atoms with E-state index < -0.39 is 11.6 Å². The molecule has 1 atom stereocenters. The largest absolute Gasteiger partial charge is 0.344 e. The first kappa shape index (κ1) is 33.9. The molecule has 2 N–H and O–H groups in total. The maximum atomic E-state index is 13.8. The molecule has 2 aromatic carbocycles. The summed E-state index contributed by atoms with van der Waals surface area (Å²) in [6.45, 7) is 12.5. The number of carbonyl (C=O) groups is 3. The second-order valence-corrected chi connectivity index (χ2v) is 13.4. The highest BCUT2D eigenvalue weighted by Gasteiger charge is 2.42. The molecule has 2 aromatic rings. The van der Waals surface area contributed by atoms with Gasteiger partial charge in [-0.25, -0.2) is 0 Å². The molecule has 7 heteroatoms. The lowest BCUT2D eigenvalue weighted by Crippen LogP contribution is -2.62. The zero-order chi connectivity index (χ0) is 30.5. The van der Waals surface area contributed by atoms with Crippen LogP contribution in [0.2, 0.25) is 0 Å². The number of carbonyl (C=O) groups excluding carboxylic acids is 3. The smallest absolute Gasteiger partial charge is 0.252 e. The average molecular weight is 594 g/mol. The van der Waals surface area contributed by atoms with Crippen molar-refractivity contribution in [1.29, 1.82) is 0 Å². The highest BCUT2D eigenvalue weighted by Crippen LogP contribution is 2.30. The molecule has 0 saturated heterocycles. The Kier molecular flexibility index (Phi) is 13.6. The Labute approximate surface area is 257 Å². The topological polar surface area (TPSA) is 78.5 Å². The number of nitrogens with one attached hydrogen (secondary N) is 2. The summed E-state index contributed by atoms with van der Waals surface area (Å²) in [5, 5.41) is 6.19. The average Bonchev–Trinajstić information content (AvgIpc) is 3.18. The van der Waals surface area contributed by atoms with Crippen LogP contribution in [0.1, 0.15) is 101 Å². The number of benzene rings is 2. The molecule has 1 saturated carbocycles. The fourth-order valence-corrected chi connectivity index (χ4v) is 6.64. The fraction of sp³-hybridized carbons (Fsp3) is 0.571. The molecule has 230 valence electrons. The van der Waals surface area contributed by atoms with Gasteiger partial charge in [0.05, 0.1) is 12.6 Å². The van der Waals surface area contributed by atoms with Gasteiger partial charge in [-0.2, -0.15) is 0 Å². The zero-order valence-corrected chi connectivity index (χ0v) is 27.2. The molecular weight excluding hydrogens is 542 g/mol. The molecule has 0 unspecified atom stereocenters. The minimum absolute atomic E-state index is 0.0351. The molecule has 4 rings (SSSR count). The van der Waals surface area contributed by atoms with Crippen molar-refractivity contribution in [3.05, 3.63) is 65.2 Å². The lowest BCUT2D eigenvalue weighted by Gasteiger charge is -2.38. The number of amides is 2. The van der Waals surface area contributed by atoms with Crippen LogP contribution in [0.3, 0.4) is 0 Å². The maximum Gasteiger partial charge on any atom is 0.252 e. The van der Waals surface area contributed by atoms with Gasteiger partial charge in [0.25, 0.3) is 5.91 Å². The number of rotatable bonds is 10.